The zero-order valence-corrected chi connectivity index (χ0v) is 14.1. The van der Waals surface area contributed by atoms with Crippen LogP contribution in [0.4, 0.5) is 10.2 Å². The van der Waals surface area contributed by atoms with E-state index in [4.69, 9.17) is 10.5 Å². The fourth-order valence-electron chi connectivity index (χ4n) is 2.21. The summed E-state index contributed by atoms with van der Waals surface area (Å²) in [6.45, 7) is 3.14. The number of nitrogens with zero attached hydrogens (tertiary/aromatic N) is 5. The highest BCUT2D eigenvalue weighted by atomic mass is 79.9. The molecular weight excluding hydrogens is 367 g/mol. The number of anilines is 1. The Morgan fingerprint density at radius 1 is 1.39 bits per heavy atom. The van der Waals surface area contributed by atoms with Crippen LogP contribution in [-0.2, 0) is 6.42 Å². The maximum absolute atomic E-state index is 13.1. The summed E-state index contributed by atoms with van der Waals surface area (Å²) in [7, 11) is 0. The van der Waals surface area contributed by atoms with Crippen LogP contribution in [0.1, 0.15) is 23.9 Å². The maximum atomic E-state index is 13.1. The quantitative estimate of drug-likeness (QED) is 0.747. The van der Waals surface area contributed by atoms with Gasteiger partial charge in [-0.25, -0.2) is 14.4 Å². The second-order valence-electron chi connectivity index (χ2n) is 4.96. The molecule has 0 radical (unpaired) electrons. The summed E-state index contributed by atoms with van der Waals surface area (Å²) >= 11 is 3.29. The average Bonchev–Trinajstić information content (AvgIpc) is 2.94. The van der Waals surface area contributed by atoms with E-state index in [9.17, 15) is 4.39 Å². The largest absolute Gasteiger partial charge is 0.443 e. The van der Waals surface area contributed by atoms with Crippen molar-refractivity contribution in [2.75, 3.05) is 5.73 Å². The van der Waals surface area contributed by atoms with Gasteiger partial charge >= 0.3 is 0 Å². The molecule has 0 bridgehead atoms. The molecule has 2 N–H and O–H groups in total. The van der Waals surface area contributed by atoms with E-state index in [-0.39, 0.29) is 5.88 Å². The standard InChI is InChI=1S/C14H14BrFN6O/c1-7-10(12(17)22-14(20-7)18-6-19-22)5-9-3-4-11(15)13(21-9)23-8(2)16/h3-4,6,8H,5,17H2,1-2H3. The van der Waals surface area contributed by atoms with Gasteiger partial charge in [0.25, 0.3) is 5.78 Å². The molecule has 1 unspecified atom stereocenters. The summed E-state index contributed by atoms with van der Waals surface area (Å²) < 4.78 is 20.2. The number of nitrogen functional groups attached to an aromatic ring is 1. The fourth-order valence-corrected chi connectivity index (χ4v) is 2.52. The van der Waals surface area contributed by atoms with E-state index in [0.717, 1.165) is 11.3 Å². The number of fused-ring (bicyclic) bond motifs is 1. The number of alkyl halides is 1. The maximum Gasteiger partial charge on any atom is 0.254 e. The van der Waals surface area contributed by atoms with Crippen LogP contribution in [-0.4, -0.2) is 30.9 Å². The monoisotopic (exact) mass is 380 g/mol. The zero-order valence-electron chi connectivity index (χ0n) is 12.5. The minimum atomic E-state index is -1.45. The lowest BCUT2D eigenvalue weighted by Crippen LogP contribution is -2.10. The lowest BCUT2D eigenvalue weighted by Gasteiger charge is -2.12. The van der Waals surface area contributed by atoms with Crippen LogP contribution in [0.25, 0.3) is 5.78 Å². The summed E-state index contributed by atoms with van der Waals surface area (Å²) in [4.78, 5) is 12.7. The first-order chi connectivity index (χ1) is 11.0. The average molecular weight is 381 g/mol. The SMILES string of the molecule is Cc1nc2ncnn2c(N)c1Cc1ccc(Br)c(OC(C)F)n1. The van der Waals surface area contributed by atoms with Crippen molar-refractivity contribution in [1.29, 1.82) is 0 Å². The van der Waals surface area contributed by atoms with Crippen LogP contribution < -0.4 is 10.5 Å². The van der Waals surface area contributed by atoms with E-state index < -0.39 is 6.36 Å². The lowest BCUT2D eigenvalue weighted by molar-refractivity contribution is 0.0799. The number of aryl methyl sites for hydroxylation is 1. The highest BCUT2D eigenvalue weighted by Gasteiger charge is 2.15. The van der Waals surface area contributed by atoms with Gasteiger partial charge in [0, 0.05) is 30.3 Å². The molecule has 120 valence electrons. The van der Waals surface area contributed by atoms with Crippen molar-refractivity contribution >= 4 is 27.5 Å². The van der Waals surface area contributed by atoms with Gasteiger partial charge in [0.1, 0.15) is 12.1 Å². The number of rotatable bonds is 4. The second-order valence-corrected chi connectivity index (χ2v) is 5.81. The first kappa shape index (κ1) is 15.6. The van der Waals surface area contributed by atoms with Crippen molar-refractivity contribution in [3.05, 3.63) is 39.9 Å². The number of ether oxygens (including phenoxy) is 1. The van der Waals surface area contributed by atoms with E-state index in [0.29, 0.717) is 28.2 Å². The van der Waals surface area contributed by atoms with Crippen LogP contribution in [0.15, 0.2) is 22.9 Å². The van der Waals surface area contributed by atoms with Crippen LogP contribution in [0, 0.1) is 6.92 Å². The molecule has 3 rings (SSSR count). The molecule has 0 aliphatic rings. The van der Waals surface area contributed by atoms with Crippen molar-refractivity contribution in [2.45, 2.75) is 26.6 Å². The fraction of sp³-hybridized carbons (Fsp3) is 0.286. The molecule has 9 heteroatoms. The molecule has 0 aliphatic heterocycles. The minimum Gasteiger partial charge on any atom is -0.443 e. The van der Waals surface area contributed by atoms with Gasteiger partial charge in [0.2, 0.25) is 12.2 Å². The molecule has 0 saturated heterocycles. The molecule has 3 aromatic heterocycles. The van der Waals surface area contributed by atoms with Gasteiger partial charge in [0.05, 0.1) is 4.47 Å². The molecule has 7 nitrogen and oxygen atoms in total. The number of halogens is 2. The summed E-state index contributed by atoms with van der Waals surface area (Å²) in [5.41, 5.74) is 8.37. The van der Waals surface area contributed by atoms with Crippen LogP contribution >= 0.6 is 15.9 Å². The number of hydrogen-bond acceptors (Lipinski definition) is 6. The topological polar surface area (TPSA) is 91.2 Å². The Hall–Kier alpha value is -2.29. The third kappa shape index (κ3) is 3.09. The van der Waals surface area contributed by atoms with Crippen molar-refractivity contribution in [1.82, 2.24) is 24.6 Å². The van der Waals surface area contributed by atoms with E-state index in [1.807, 2.05) is 13.0 Å². The van der Waals surface area contributed by atoms with Crippen molar-refractivity contribution in [3.8, 4) is 5.88 Å². The Bertz CT molecular complexity index is 866. The molecule has 1 atom stereocenters. The molecule has 0 aliphatic carbocycles. The number of aromatic nitrogens is 5. The predicted molar refractivity (Wildman–Crippen MR) is 85.9 cm³/mol. The Balaban J connectivity index is 1.99. The number of nitrogens with two attached hydrogens (primary N) is 1. The first-order valence-electron chi connectivity index (χ1n) is 6.86. The molecular formula is C14H14BrFN6O. The third-order valence-electron chi connectivity index (χ3n) is 3.28. The summed E-state index contributed by atoms with van der Waals surface area (Å²) in [6, 6.07) is 3.57. The summed E-state index contributed by atoms with van der Waals surface area (Å²) in [6.07, 6.45) is 0.369. The predicted octanol–water partition coefficient (Wildman–Crippen LogP) is 2.46. The van der Waals surface area contributed by atoms with Gasteiger partial charge < -0.3 is 10.5 Å². The van der Waals surface area contributed by atoms with E-state index in [1.54, 1.807) is 6.07 Å². The molecule has 0 spiro atoms. The number of pyridine rings is 1. The highest BCUT2D eigenvalue weighted by Crippen LogP contribution is 2.26. The molecule has 3 heterocycles. The Morgan fingerprint density at radius 2 is 2.17 bits per heavy atom. The molecule has 23 heavy (non-hydrogen) atoms. The van der Waals surface area contributed by atoms with Gasteiger partial charge in [0.15, 0.2) is 0 Å². The lowest BCUT2D eigenvalue weighted by atomic mass is 10.1. The van der Waals surface area contributed by atoms with E-state index in [1.165, 1.54) is 17.8 Å². The van der Waals surface area contributed by atoms with Gasteiger partial charge in [-0.1, -0.05) is 0 Å². The molecule has 0 saturated carbocycles. The van der Waals surface area contributed by atoms with Crippen LogP contribution in [0.2, 0.25) is 0 Å². The van der Waals surface area contributed by atoms with Crippen molar-refractivity contribution in [3.63, 3.8) is 0 Å². The highest BCUT2D eigenvalue weighted by molar-refractivity contribution is 9.10. The summed E-state index contributed by atoms with van der Waals surface area (Å²) in [5, 5.41) is 4.05. The molecule has 0 amide bonds. The van der Waals surface area contributed by atoms with Crippen LogP contribution in [0.3, 0.4) is 0 Å². The minimum absolute atomic E-state index is 0.198. The van der Waals surface area contributed by atoms with E-state index >= 15 is 0 Å². The molecule has 3 aromatic rings. The Kier molecular flexibility index (Phi) is 4.12. The third-order valence-corrected chi connectivity index (χ3v) is 3.88. The van der Waals surface area contributed by atoms with Crippen molar-refractivity contribution in [2.24, 2.45) is 0 Å². The Morgan fingerprint density at radius 3 is 2.91 bits per heavy atom. The van der Waals surface area contributed by atoms with Crippen LogP contribution in [0.5, 0.6) is 5.88 Å². The van der Waals surface area contributed by atoms with Gasteiger partial charge in [-0.2, -0.15) is 14.6 Å². The zero-order chi connectivity index (χ0) is 16.6. The first-order valence-corrected chi connectivity index (χ1v) is 7.66. The van der Waals surface area contributed by atoms with Crippen molar-refractivity contribution < 1.29 is 9.13 Å². The van der Waals surface area contributed by atoms with Gasteiger partial charge in [-0.15, -0.1) is 0 Å². The molecule has 0 aromatic carbocycles. The summed E-state index contributed by atoms with van der Waals surface area (Å²) in [5.74, 6) is 1.10. The Labute approximate surface area is 139 Å². The molecule has 0 fully saturated rings. The van der Waals surface area contributed by atoms with E-state index in [2.05, 4.69) is 36.0 Å². The normalized spacial score (nSPS) is 12.5. The number of hydrogen-bond donors (Lipinski definition) is 1. The van der Waals surface area contributed by atoms with Gasteiger partial charge in [-0.05, 0) is 35.0 Å². The smallest absolute Gasteiger partial charge is 0.254 e. The van der Waals surface area contributed by atoms with Gasteiger partial charge in [-0.3, -0.25) is 0 Å². The second kappa shape index (κ2) is 6.07.